The van der Waals surface area contributed by atoms with Gasteiger partial charge in [-0.25, -0.2) is 0 Å². The lowest BCUT2D eigenvalue weighted by atomic mass is 10.1. The van der Waals surface area contributed by atoms with E-state index >= 15 is 0 Å². The third-order valence-electron chi connectivity index (χ3n) is 3.21. The Kier molecular flexibility index (Phi) is 7.60. The molecule has 0 aromatic heterocycles. The van der Waals surface area contributed by atoms with Gasteiger partial charge in [0.15, 0.2) is 0 Å². The van der Waals surface area contributed by atoms with Gasteiger partial charge in [-0.2, -0.15) is 0 Å². The minimum Gasteiger partial charge on any atom is -0.383 e. The summed E-state index contributed by atoms with van der Waals surface area (Å²) >= 11 is 5.83. The number of rotatable bonds is 9. The maximum absolute atomic E-state index is 10.9. The molecule has 6 nitrogen and oxygen atoms in total. The molecule has 1 rings (SSSR count). The second kappa shape index (κ2) is 8.94. The number of nitro benzene ring substituents is 1. The summed E-state index contributed by atoms with van der Waals surface area (Å²) in [6, 6.07) is 5.06. The fourth-order valence-corrected chi connectivity index (χ4v) is 2.23. The first-order valence-corrected chi connectivity index (χ1v) is 7.02. The zero-order valence-corrected chi connectivity index (χ0v) is 13.3. The summed E-state index contributed by atoms with van der Waals surface area (Å²) in [6.07, 6.45) is 0. The molecular formula is C14H21ClN2O4. The van der Waals surface area contributed by atoms with Crippen molar-refractivity contribution in [3.8, 4) is 0 Å². The molecule has 1 atom stereocenters. The number of halogens is 1. The van der Waals surface area contributed by atoms with E-state index in [1.54, 1.807) is 26.4 Å². The van der Waals surface area contributed by atoms with Gasteiger partial charge < -0.3 is 9.47 Å². The van der Waals surface area contributed by atoms with Crippen LogP contribution in [0.5, 0.6) is 0 Å². The van der Waals surface area contributed by atoms with E-state index in [0.29, 0.717) is 19.8 Å². The molecular weight excluding hydrogens is 296 g/mol. The molecule has 0 fully saturated rings. The third kappa shape index (κ3) is 5.59. The van der Waals surface area contributed by atoms with Crippen LogP contribution >= 0.6 is 11.6 Å². The Morgan fingerprint density at radius 3 is 2.67 bits per heavy atom. The van der Waals surface area contributed by atoms with E-state index in [4.69, 9.17) is 21.1 Å². The maximum atomic E-state index is 10.9. The van der Waals surface area contributed by atoms with Crippen LogP contribution in [0.2, 0.25) is 5.02 Å². The average molecular weight is 317 g/mol. The summed E-state index contributed by atoms with van der Waals surface area (Å²) in [5, 5.41) is 11.1. The fourth-order valence-electron chi connectivity index (χ4n) is 2.04. The van der Waals surface area contributed by atoms with E-state index in [-0.39, 0.29) is 16.8 Å². The molecule has 0 radical (unpaired) electrons. The molecule has 118 valence electrons. The maximum Gasteiger partial charge on any atom is 0.288 e. The number of hydrogen-bond donors (Lipinski definition) is 0. The van der Waals surface area contributed by atoms with E-state index in [9.17, 15) is 10.1 Å². The standard InChI is InChI=1S/C14H21ClN2O4/c1-11(10-21-3)16(6-7-20-2)9-12-4-5-13(15)14(8-12)17(18)19/h4-5,8,11H,6-7,9-10H2,1-3H3. The monoisotopic (exact) mass is 316 g/mol. The van der Waals surface area contributed by atoms with Gasteiger partial charge in [0.1, 0.15) is 5.02 Å². The van der Waals surface area contributed by atoms with Crippen LogP contribution in [0.4, 0.5) is 5.69 Å². The Morgan fingerprint density at radius 2 is 2.10 bits per heavy atom. The Morgan fingerprint density at radius 1 is 1.38 bits per heavy atom. The zero-order valence-electron chi connectivity index (χ0n) is 12.5. The van der Waals surface area contributed by atoms with Crippen molar-refractivity contribution in [1.29, 1.82) is 0 Å². The summed E-state index contributed by atoms with van der Waals surface area (Å²) < 4.78 is 10.3. The van der Waals surface area contributed by atoms with Gasteiger partial charge in [-0.3, -0.25) is 15.0 Å². The van der Waals surface area contributed by atoms with Crippen LogP contribution in [0.3, 0.4) is 0 Å². The molecule has 0 aliphatic carbocycles. The summed E-state index contributed by atoms with van der Waals surface area (Å²) in [7, 11) is 3.30. The molecule has 0 spiro atoms. The van der Waals surface area contributed by atoms with Crippen molar-refractivity contribution in [3.63, 3.8) is 0 Å². The second-order valence-corrected chi connectivity index (χ2v) is 5.22. The third-order valence-corrected chi connectivity index (χ3v) is 3.53. The van der Waals surface area contributed by atoms with Gasteiger partial charge >= 0.3 is 0 Å². The van der Waals surface area contributed by atoms with Crippen molar-refractivity contribution >= 4 is 17.3 Å². The molecule has 21 heavy (non-hydrogen) atoms. The number of methoxy groups -OCH3 is 2. The second-order valence-electron chi connectivity index (χ2n) is 4.81. The summed E-state index contributed by atoms with van der Waals surface area (Å²) in [5.41, 5.74) is 0.769. The lowest BCUT2D eigenvalue weighted by molar-refractivity contribution is -0.384. The number of hydrogen-bond acceptors (Lipinski definition) is 5. The van der Waals surface area contributed by atoms with Crippen molar-refractivity contribution in [2.45, 2.75) is 19.5 Å². The molecule has 1 unspecified atom stereocenters. The first-order valence-electron chi connectivity index (χ1n) is 6.64. The molecule has 7 heteroatoms. The van der Waals surface area contributed by atoms with E-state index in [1.165, 1.54) is 6.07 Å². The first kappa shape index (κ1) is 17.8. The van der Waals surface area contributed by atoms with Crippen LogP contribution in [-0.4, -0.2) is 49.8 Å². The van der Waals surface area contributed by atoms with Crippen LogP contribution in [-0.2, 0) is 16.0 Å². The van der Waals surface area contributed by atoms with E-state index in [0.717, 1.165) is 12.1 Å². The predicted molar refractivity (Wildman–Crippen MR) is 81.7 cm³/mol. The van der Waals surface area contributed by atoms with Crippen molar-refractivity contribution in [2.24, 2.45) is 0 Å². The van der Waals surface area contributed by atoms with Crippen LogP contribution in [0, 0.1) is 10.1 Å². The largest absolute Gasteiger partial charge is 0.383 e. The van der Waals surface area contributed by atoms with E-state index < -0.39 is 4.92 Å². The minimum absolute atomic E-state index is 0.0692. The summed E-state index contributed by atoms with van der Waals surface area (Å²) in [5.74, 6) is 0. The molecule has 0 aliphatic heterocycles. The van der Waals surface area contributed by atoms with Gasteiger partial charge in [0, 0.05) is 39.4 Å². The molecule has 0 bridgehead atoms. The van der Waals surface area contributed by atoms with Gasteiger partial charge in [-0.05, 0) is 18.6 Å². The SMILES string of the molecule is COCCN(Cc1ccc(Cl)c([N+](=O)[O-])c1)C(C)COC. The molecule has 0 saturated heterocycles. The van der Waals surface area contributed by atoms with Crippen molar-refractivity contribution < 1.29 is 14.4 Å². The topological polar surface area (TPSA) is 64.8 Å². The van der Waals surface area contributed by atoms with E-state index in [1.807, 2.05) is 6.92 Å². The highest BCUT2D eigenvalue weighted by Crippen LogP contribution is 2.25. The zero-order chi connectivity index (χ0) is 15.8. The first-order chi connectivity index (χ1) is 9.99. The fraction of sp³-hybridized carbons (Fsp3) is 0.571. The van der Waals surface area contributed by atoms with E-state index in [2.05, 4.69) is 4.90 Å². The highest BCUT2D eigenvalue weighted by molar-refractivity contribution is 6.32. The molecule has 0 saturated carbocycles. The van der Waals surface area contributed by atoms with Crippen LogP contribution in [0.25, 0.3) is 0 Å². The molecule has 0 N–H and O–H groups in total. The number of benzene rings is 1. The Balaban J connectivity index is 2.86. The van der Waals surface area contributed by atoms with Crippen molar-refractivity contribution in [1.82, 2.24) is 4.90 Å². The summed E-state index contributed by atoms with van der Waals surface area (Å²) in [6.45, 7) is 4.51. The summed E-state index contributed by atoms with van der Waals surface area (Å²) in [4.78, 5) is 12.6. The number of nitrogens with zero attached hydrogens (tertiary/aromatic N) is 2. The van der Waals surface area contributed by atoms with Gasteiger partial charge in [0.25, 0.3) is 5.69 Å². The molecule has 0 aliphatic rings. The minimum atomic E-state index is -0.468. The van der Waals surface area contributed by atoms with Gasteiger partial charge in [-0.1, -0.05) is 17.7 Å². The molecule has 1 aromatic rings. The lowest BCUT2D eigenvalue weighted by Gasteiger charge is -2.28. The van der Waals surface area contributed by atoms with Crippen LogP contribution in [0.15, 0.2) is 18.2 Å². The van der Waals surface area contributed by atoms with Crippen LogP contribution in [0.1, 0.15) is 12.5 Å². The van der Waals surface area contributed by atoms with Crippen molar-refractivity contribution in [2.75, 3.05) is 34.0 Å². The normalized spacial score (nSPS) is 12.6. The predicted octanol–water partition coefficient (Wildman–Crippen LogP) is 2.73. The van der Waals surface area contributed by atoms with Crippen LogP contribution < -0.4 is 0 Å². The Labute approximate surface area is 129 Å². The van der Waals surface area contributed by atoms with Gasteiger partial charge in [-0.15, -0.1) is 0 Å². The lowest BCUT2D eigenvalue weighted by Crippen LogP contribution is -2.38. The molecule has 1 aromatic carbocycles. The van der Waals surface area contributed by atoms with Gasteiger partial charge in [0.2, 0.25) is 0 Å². The Hall–Kier alpha value is -1.21. The average Bonchev–Trinajstić information content (AvgIpc) is 2.45. The number of nitro groups is 1. The molecule has 0 heterocycles. The highest BCUT2D eigenvalue weighted by atomic mass is 35.5. The molecule has 0 amide bonds. The van der Waals surface area contributed by atoms with Gasteiger partial charge in [0.05, 0.1) is 18.1 Å². The highest BCUT2D eigenvalue weighted by Gasteiger charge is 2.17. The smallest absolute Gasteiger partial charge is 0.288 e. The number of ether oxygens (including phenoxy) is 2. The quantitative estimate of drug-likeness (QED) is 0.517. The Bertz CT molecular complexity index is 470. The van der Waals surface area contributed by atoms with Crippen molar-refractivity contribution in [3.05, 3.63) is 38.9 Å².